The summed E-state index contributed by atoms with van der Waals surface area (Å²) in [5.74, 6) is -1.20. The lowest BCUT2D eigenvalue weighted by Gasteiger charge is -2.24. The Bertz CT molecular complexity index is 1280. The molecular weight excluding hydrogens is 492 g/mol. The van der Waals surface area contributed by atoms with Gasteiger partial charge < -0.3 is 19.7 Å². The third-order valence-corrected chi connectivity index (χ3v) is 7.20. The lowest BCUT2D eigenvalue weighted by molar-refractivity contribution is -0.128. The molecule has 8 nitrogen and oxygen atoms in total. The van der Waals surface area contributed by atoms with Gasteiger partial charge in [0.05, 0.1) is 31.1 Å². The van der Waals surface area contributed by atoms with Gasteiger partial charge in [-0.05, 0) is 47.9 Å². The summed E-state index contributed by atoms with van der Waals surface area (Å²) in [4.78, 5) is 51.3. The molecule has 4 rings (SSSR count). The fraction of sp³-hybridized carbons (Fsp3) is 0.214. The summed E-state index contributed by atoms with van der Waals surface area (Å²) in [6, 6.07) is 21.3. The molecule has 0 unspecified atom stereocenters. The predicted octanol–water partition coefficient (Wildman–Crippen LogP) is 4.33. The maximum Gasteiger partial charge on any atom is 0.337 e. The van der Waals surface area contributed by atoms with E-state index in [0.29, 0.717) is 17.9 Å². The Balaban J connectivity index is 1.47. The second-order valence-corrected chi connectivity index (χ2v) is 9.41. The molecule has 1 aliphatic rings. The molecule has 0 saturated carbocycles. The van der Waals surface area contributed by atoms with E-state index >= 15 is 0 Å². The van der Waals surface area contributed by atoms with Crippen molar-refractivity contribution in [1.82, 2.24) is 4.90 Å². The van der Waals surface area contributed by atoms with E-state index in [1.54, 1.807) is 23.9 Å². The number of nitrogens with zero attached hydrogens (tertiary/aromatic N) is 1. The van der Waals surface area contributed by atoms with Gasteiger partial charge in [-0.3, -0.25) is 9.59 Å². The van der Waals surface area contributed by atoms with Crippen molar-refractivity contribution in [3.05, 3.63) is 101 Å². The number of esters is 2. The number of amides is 2. The Labute approximate surface area is 218 Å². The van der Waals surface area contributed by atoms with Crippen LogP contribution in [0.1, 0.15) is 47.6 Å². The molecule has 1 atom stereocenters. The number of rotatable bonds is 8. The maximum atomic E-state index is 12.9. The summed E-state index contributed by atoms with van der Waals surface area (Å²) in [6.45, 7) is 0.613. The summed E-state index contributed by atoms with van der Waals surface area (Å²) in [6.07, 6.45) is 0.766. The van der Waals surface area contributed by atoms with E-state index < -0.39 is 17.8 Å². The minimum Gasteiger partial charge on any atom is -0.465 e. The molecule has 2 amide bonds. The van der Waals surface area contributed by atoms with Gasteiger partial charge in [-0.15, -0.1) is 11.8 Å². The number of carbonyl (C=O) groups excluding carboxylic acids is 4. The van der Waals surface area contributed by atoms with Gasteiger partial charge in [0, 0.05) is 17.8 Å². The molecule has 190 valence electrons. The number of benzene rings is 3. The predicted molar refractivity (Wildman–Crippen MR) is 141 cm³/mol. The fourth-order valence-corrected chi connectivity index (χ4v) is 5.26. The molecule has 0 bridgehead atoms. The van der Waals surface area contributed by atoms with E-state index in [0.717, 1.165) is 12.0 Å². The maximum absolute atomic E-state index is 12.9. The molecule has 1 heterocycles. The molecule has 0 aromatic heterocycles. The van der Waals surface area contributed by atoms with E-state index in [4.69, 9.17) is 9.47 Å². The summed E-state index contributed by atoms with van der Waals surface area (Å²) in [7, 11) is 2.46. The third kappa shape index (κ3) is 6.18. The number of nitrogens with one attached hydrogen (secondary N) is 1. The Morgan fingerprint density at radius 3 is 2.11 bits per heavy atom. The minimum absolute atomic E-state index is 0.0969. The highest BCUT2D eigenvalue weighted by molar-refractivity contribution is 8.00. The number of anilines is 1. The largest absolute Gasteiger partial charge is 0.465 e. The zero-order valence-corrected chi connectivity index (χ0v) is 21.2. The number of carbonyl (C=O) groups is 4. The van der Waals surface area contributed by atoms with Crippen molar-refractivity contribution in [2.45, 2.75) is 11.8 Å². The number of hydrogen-bond donors (Lipinski definition) is 1. The molecule has 0 radical (unpaired) electrons. The second-order valence-electron chi connectivity index (χ2n) is 8.34. The van der Waals surface area contributed by atoms with Gasteiger partial charge in [-0.2, -0.15) is 0 Å². The SMILES string of the molecule is COC(=O)c1cc(NC(=O)c2ccc([C@@H]3SCC(=O)N3CCc3ccccc3)cc2)cc(C(=O)OC)c1. The van der Waals surface area contributed by atoms with Gasteiger partial charge in [-0.25, -0.2) is 9.59 Å². The second kappa shape index (κ2) is 11.7. The number of methoxy groups -OCH3 is 2. The molecule has 0 aliphatic carbocycles. The van der Waals surface area contributed by atoms with Gasteiger partial charge in [0.1, 0.15) is 5.37 Å². The van der Waals surface area contributed by atoms with E-state index in [1.807, 2.05) is 47.4 Å². The summed E-state index contributed by atoms with van der Waals surface area (Å²) < 4.78 is 9.47. The first kappa shape index (κ1) is 26.0. The smallest absolute Gasteiger partial charge is 0.337 e. The highest BCUT2D eigenvalue weighted by atomic mass is 32.2. The van der Waals surface area contributed by atoms with Crippen molar-refractivity contribution in [2.24, 2.45) is 0 Å². The van der Waals surface area contributed by atoms with E-state index in [-0.39, 0.29) is 28.1 Å². The molecule has 0 spiro atoms. The van der Waals surface area contributed by atoms with Crippen LogP contribution in [0, 0.1) is 0 Å². The van der Waals surface area contributed by atoms with Crippen LogP contribution in [0.4, 0.5) is 5.69 Å². The lowest BCUT2D eigenvalue weighted by atomic mass is 10.1. The summed E-state index contributed by atoms with van der Waals surface area (Å²) >= 11 is 1.56. The minimum atomic E-state index is -0.647. The van der Waals surface area contributed by atoms with Crippen LogP contribution in [-0.4, -0.2) is 55.2 Å². The highest BCUT2D eigenvalue weighted by Gasteiger charge is 2.32. The first-order valence-corrected chi connectivity index (χ1v) is 12.6. The van der Waals surface area contributed by atoms with Gasteiger partial charge in [0.25, 0.3) is 5.91 Å². The van der Waals surface area contributed by atoms with E-state index in [9.17, 15) is 19.2 Å². The van der Waals surface area contributed by atoms with Crippen molar-refractivity contribution in [2.75, 3.05) is 31.8 Å². The Hall–Kier alpha value is -4.11. The van der Waals surface area contributed by atoms with Crippen LogP contribution in [0.3, 0.4) is 0 Å². The first-order chi connectivity index (χ1) is 17.9. The number of ether oxygens (including phenoxy) is 2. The van der Waals surface area contributed by atoms with Gasteiger partial charge >= 0.3 is 11.9 Å². The average molecular weight is 519 g/mol. The van der Waals surface area contributed by atoms with Crippen molar-refractivity contribution in [3.8, 4) is 0 Å². The molecule has 1 fully saturated rings. The zero-order chi connectivity index (χ0) is 26.4. The molecule has 1 saturated heterocycles. The zero-order valence-electron chi connectivity index (χ0n) is 20.4. The number of hydrogen-bond acceptors (Lipinski definition) is 7. The van der Waals surface area contributed by atoms with E-state index in [2.05, 4.69) is 5.32 Å². The van der Waals surface area contributed by atoms with Crippen LogP contribution in [0.25, 0.3) is 0 Å². The van der Waals surface area contributed by atoms with Crippen LogP contribution in [0.5, 0.6) is 0 Å². The summed E-state index contributed by atoms with van der Waals surface area (Å²) in [5.41, 5.74) is 2.95. The van der Waals surface area contributed by atoms with E-state index in [1.165, 1.54) is 38.0 Å². The molecule has 1 aliphatic heterocycles. The Morgan fingerprint density at radius 2 is 1.51 bits per heavy atom. The van der Waals surface area contributed by atoms with Crippen molar-refractivity contribution in [3.63, 3.8) is 0 Å². The van der Waals surface area contributed by atoms with Gasteiger partial charge in [0.2, 0.25) is 5.91 Å². The van der Waals surface area contributed by atoms with Crippen LogP contribution in [0.15, 0.2) is 72.8 Å². The van der Waals surface area contributed by atoms with Crippen LogP contribution in [-0.2, 0) is 20.7 Å². The molecule has 9 heteroatoms. The average Bonchev–Trinajstić information content (AvgIpc) is 3.31. The molecular formula is C28H26N2O6S. The van der Waals surface area contributed by atoms with Crippen LogP contribution < -0.4 is 5.32 Å². The first-order valence-electron chi connectivity index (χ1n) is 11.6. The quantitative estimate of drug-likeness (QED) is 0.443. The van der Waals surface area contributed by atoms with Crippen LogP contribution >= 0.6 is 11.8 Å². The Kier molecular flexibility index (Phi) is 8.25. The van der Waals surface area contributed by atoms with Crippen molar-refractivity contribution in [1.29, 1.82) is 0 Å². The lowest BCUT2D eigenvalue weighted by Crippen LogP contribution is -2.30. The summed E-state index contributed by atoms with van der Waals surface area (Å²) in [5, 5.41) is 2.60. The topological polar surface area (TPSA) is 102 Å². The van der Waals surface area contributed by atoms with Crippen molar-refractivity contribution < 1.29 is 28.7 Å². The standard InChI is InChI=1S/C28H26N2O6S/c1-35-27(33)21-14-22(28(34)36-2)16-23(15-21)29-25(32)19-8-10-20(11-9-19)26-30(24(31)17-37-26)13-12-18-6-4-3-5-7-18/h3-11,14-16,26H,12-13,17H2,1-2H3,(H,29,32)/t26-/m0/s1. The normalized spacial score (nSPS) is 14.8. The molecule has 1 N–H and O–H groups in total. The van der Waals surface area contributed by atoms with Gasteiger partial charge in [-0.1, -0.05) is 42.5 Å². The number of thioether (sulfide) groups is 1. The van der Waals surface area contributed by atoms with Crippen LogP contribution in [0.2, 0.25) is 0 Å². The Morgan fingerprint density at radius 1 is 0.892 bits per heavy atom. The van der Waals surface area contributed by atoms with Crippen molar-refractivity contribution >= 4 is 41.2 Å². The van der Waals surface area contributed by atoms with Gasteiger partial charge in [0.15, 0.2) is 0 Å². The third-order valence-electron chi connectivity index (χ3n) is 5.94. The fourth-order valence-electron chi connectivity index (χ4n) is 4.04. The molecule has 3 aromatic rings. The monoisotopic (exact) mass is 518 g/mol. The molecule has 3 aromatic carbocycles. The molecule has 37 heavy (non-hydrogen) atoms. The highest BCUT2D eigenvalue weighted by Crippen LogP contribution is 2.38.